The van der Waals surface area contributed by atoms with Crippen molar-refractivity contribution < 1.29 is 4.79 Å². The highest BCUT2D eigenvalue weighted by molar-refractivity contribution is 7.99. The van der Waals surface area contributed by atoms with Crippen LogP contribution in [0.5, 0.6) is 0 Å². The predicted molar refractivity (Wildman–Crippen MR) is 117 cm³/mol. The van der Waals surface area contributed by atoms with Crippen LogP contribution in [0.4, 0.5) is 5.82 Å². The third kappa shape index (κ3) is 5.50. The minimum atomic E-state index is 0.0311. The summed E-state index contributed by atoms with van der Waals surface area (Å²) in [6.07, 6.45) is 12.8. The first kappa shape index (κ1) is 20.2. The summed E-state index contributed by atoms with van der Waals surface area (Å²) in [5.74, 6) is 1.15. The van der Waals surface area contributed by atoms with E-state index in [0.29, 0.717) is 6.04 Å². The van der Waals surface area contributed by atoms with Gasteiger partial charge in [0.25, 0.3) is 0 Å². The molecule has 1 aliphatic heterocycles. The Bertz CT molecular complexity index is 792. The van der Waals surface area contributed by atoms with E-state index in [1.807, 2.05) is 18.2 Å². The fraction of sp³-hybridized carbons (Fsp3) is 0.522. The predicted octanol–water partition coefficient (Wildman–Crippen LogP) is 4.68. The molecule has 1 aromatic heterocycles. The molecule has 1 aliphatic carbocycles. The maximum atomic E-state index is 13.0. The van der Waals surface area contributed by atoms with Crippen LogP contribution in [0.3, 0.4) is 0 Å². The molecule has 5 nitrogen and oxygen atoms in total. The highest BCUT2D eigenvalue weighted by atomic mass is 32.2. The molecule has 0 unspecified atom stereocenters. The molecule has 29 heavy (non-hydrogen) atoms. The van der Waals surface area contributed by atoms with Crippen LogP contribution in [0.1, 0.15) is 51.4 Å². The molecule has 1 aromatic carbocycles. The summed E-state index contributed by atoms with van der Waals surface area (Å²) >= 11 is 1.63. The number of carbonyl (C=O) groups is 1. The number of nitrogens with zero attached hydrogens (tertiary/aromatic N) is 3. The highest BCUT2D eigenvalue weighted by Gasteiger charge is 2.29. The monoisotopic (exact) mass is 410 g/mol. The Labute approximate surface area is 177 Å². The van der Waals surface area contributed by atoms with Crippen molar-refractivity contribution in [3.8, 4) is 0 Å². The Morgan fingerprint density at radius 2 is 1.72 bits per heavy atom. The van der Waals surface area contributed by atoms with Crippen molar-refractivity contribution in [2.24, 2.45) is 5.92 Å². The highest BCUT2D eigenvalue weighted by Crippen LogP contribution is 2.34. The van der Waals surface area contributed by atoms with Gasteiger partial charge in [0.05, 0.1) is 5.92 Å². The third-order valence-electron chi connectivity index (χ3n) is 5.90. The summed E-state index contributed by atoms with van der Waals surface area (Å²) in [7, 11) is 0. The average molecular weight is 411 g/mol. The van der Waals surface area contributed by atoms with Crippen LogP contribution >= 0.6 is 11.8 Å². The zero-order chi connectivity index (χ0) is 19.9. The first-order chi connectivity index (χ1) is 14.3. The van der Waals surface area contributed by atoms with Gasteiger partial charge in [0.1, 0.15) is 5.03 Å². The summed E-state index contributed by atoms with van der Waals surface area (Å²) < 4.78 is 0. The van der Waals surface area contributed by atoms with Gasteiger partial charge in [-0.05, 0) is 37.8 Å². The van der Waals surface area contributed by atoms with Gasteiger partial charge in [0.2, 0.25) is 5.91 Å². The molecular weight excluding hydrogens is 380 g/mol. The van der Waals surface area contributed by atoms with Crippen molar-refractivity contribution in [1.29, 1.82) is 0 Å². The Balaban J connectivity index is 1.42. The molecule has 1 N–H and O–H groups in total. The van der Waals surface area contributed by atoms with Gasteiger partial charge in [0.15, 0.2) is 5.82 Å². The standard InChI is InChI=1S/C23H30N4OS/c28-22(26-19-10-4-1-2-5-11-19)18-9-8-16-27(17-18)21-23(25-15-14-24-21)29-20-12-6-3-7-13-20/h3,6-7,12-15,18-19H,1-2,4-5,8-11,16-17H2,(H,26,28)/t18-/m0/s1. The average Bonchev–Trinajstić information content (AvgIpc) is 3.04. The van der Waals surface area contributed by atoms with Crippen LogP contribution in [-0.4, -0.2) is 35.0 Å². The van der Waals surface area contributed by atoms with Gasteiger partial charge in [-0.25, -0.2) is 9.97 Å². The molecule has 1 saturated heterocycles. The number of hydrogen-bond donors (Lipinski definition) is 1. The van der Waals surface area contributed by atoms with Crippen molar-refractivity contribution >= 4 is 23.5 Å². The van der Waals surface area contributed by atoms with E-state index >= 15 is 0 Å². The summed E-state index contributed by atoms with van der Waals surface area (Å²) in [5, 5.41) is 4.25. The van der Waals surface area contributed by atoms with Gasteiger partial charge in [-0.1, -0.05) is 55.6 Å². The molecule has 0 bridgehead atoms. The topological polar surface area (TPSA) is 58.1 Å². The fourth-order valence-corrected chi connectivity index (χ4v) is 5.24. The van der Waals surface area contributed by atoms with E-state index in [-0.39, 0.29) is 11.8 Å². The molecular formula is C23H30N4OS. The van der Waals surface area contributed by atoms with Gasteiger partial charge >= 0.3 is 0 Å². The van der Waals surface area contributed by atoms with Crippen molar-refractivity contribution in [1.82, 2.24) is 15.3 Å². The minimum absolute atomic E-state index is 0.0311. The Morgan fingerprint density at radius 1 is 0.966 bits per heavy atom. The van der Waals surface area contributed by atoms with E-state index in [9.17, 15) is 4.79 Å². The van der Waals surface area contributed by atoms with E-state index in [4.69, 9.17) is 0 Å². The van der Waals surface area contributed by atoms with Gasteiger partial charge in [-0.15, -0.1) is 0 Å². The SMILES string of the molecule is O=C(NC1CCCCCC1)[C@H]1CCCN(c2nccnc2Sc2ccccc2)C1. The second-order valence-corrected chi connectivity index (χ2v) is 9.14. The zero-order valence-corrected chi connectivity index (χ0v) is 17.7. The van der Waals surface area contributed by atoms with Crippen LogP contribution < -0.4 is 10.2 Å². The fourth-order valence-electron chi connectivity index (χ4n) is 4.33. The van der Waals surface area contributed by atoms with E-state index in [0.717, 1.165) is 54.5 Å². The van der Waals surface area contributed by atoms with Gasteiger partial charge in [-0.2, -0.15) is 0 Å². The maximum Gasteiger partial charge on any atom is 0.225 e. The number of benzene rings is 1. The maximum absolute atomic E-state index is 13.0. The van der Waals surface area contributed by atoms with Gasteiger partial charge in [-0.3, -0.25) is 4.79 Å². The zero-order valence-electron chi connectivity index (χ0n) is 16.9. The van der Waals surface area contributed by atoms with E-state index in [2.05, 4.69) is 32.3 Å². The minimum Gasteiger partial charge on any atom is -0.354 e. The van der Waals surface area contributed by atoms with Gasteiger partial charge < -0.3 is 10.2 Å². The largest absolute Gasteiger partial charge is 0.354 e. The van der Waals surface area contributed by atoms with E-state index in [1.54, 1.807) is 24.2 Å². The second-order valence-electron chi connectivity index (χ2n) is 8.08. The lowest BCUT2D eigenvalue weighted by atomic mass is 9.96. The molecule has 2 aliphatic rings. The Morgan fingerprint density at radius 3 is 2.52 bits per heavy atom. The first-order valence-electron chi connectivity index (χ1n) is 10.9. The van der Waals surface area contributed by atoms with Crippen LogP contribution in [0.25, 0.3) is 0 Å². The Kier molecular flexibility index (Phi) is 7.04. The molecule has 1 atom stereocenters. The number of amides is 1. The third-order valence-corrected chi connectivity index (χ3v) is 6.89. The van der Waals surface area contributed by atoms with E-state index in [1.165, 1.54) is 25.7 Å². The van der Waals surface area contributed by atoms with Crippen molar-refractivity contribution in [2.75, 3.05) is 18.0 Å². The molecule has 4 rings (SSSR count). The number of hydrogen-bond acceptors (Lipinski definition) is 5. The van der Waals surface area contributed by atoms with Gasteiger partial charge in [0, 0.05) is 36.4 Å². The van der Waals surface area contributed by atoms with Crippen LogP contribution in [0.2, 0.25) is 0 Å². The number of aromatic nitrogens is 2. The first-order valence-corrected chi connectivity index (χ1v) is 11.7. The lowest BCUT2D eigenvalue weighted by molar-refractivity contribution is -0.126. The molecule has 1 amide bonds. The van der Waals surface area contributed by atoms with Crippen molar-refractivity contribution in [2.45, 2.75) is 67.3 Å². The van der Waals surface area contributed by atoms with Crippen molar-refractivity contribution in [3.63, 3.8) is 0 Å². The summed E-state index contributed by atoms with van der Waals surface area (Å²) in [6, 6.07) is 10.6. The van der Waals surface area contributed by atoms with Crippen LogP contribution in [-0.2, 0) is 4.79 Å². The number of piperidine rings is 1. The number of carbonyl (C=O) groups excluding carboxylic acids is 1. The Hall–Kier alpha value is -2.08. The molecule has 2 heterocycles. The van der Waals surface area contributed by atoms with Crippen LogP contribution in [0, 0.1) is 5.92 Å². The molecule has 2 fully saturated rings. The molecule has 1 saturated carbocycles. The molecule has 6 heteroatoms. The van der Waals surface area contributed by atoms with Crippen molar-refractivity contribution in [3.05, 3.63) is 42.7 Å². The second kappa shape index (κ2) is 10.1. The normalized spacial score (nSPS) is 20.8. The number of rotatable bonds is 5. The summed E-state index contributed by atoms with van der Waals surface area (Å²) in [5.41, 5.74) is 0. The number of nitrogens with one attached hydrogen (secondary N) is 1. The summed E-state index contributed by atoms with van der Waals surface area (Å²) in [4.78, 5) is 25.6. The number of anilines is 1. The molecule has 154 valence electrons. The summed E-state index contributed by atoms with van der Waals surface area (Å²) in [6.45, 7) is 1.65. The van der Waals surface area contributed by atoms with E-state index < -0.39 is 0 Å². The quantitative estimate of drug-likeness (QED) is 0.725. The molecule has 0 spiro atoms. The smallest absolute Gasteiger partial charge is 0.225 e. The molecule has 0 radical (unpaired) electrons. The lowest BCUT2D eigenvalue weighted by Crippen LogP contribution is -2.46. The molecule has 2 aromatic rings. The van der Waals surface area contributed by atoms with Crippen LogP contribution in [0.15, 0.2) is 52.6 Å². The lowest BCUT2D eigenvalue weighted by Gasteiger charge is -2.34.